The van der Waals surface area contributed by atoms with Crippen LogP contribution in [0.15, 0.2) is 30.3 Å². The number of nitrogens with two attached hydrogens (primary N) is 1. The van der Waals surface area contributed by atoms with Crippen LogP contribution in [-0.2, 0) is 4.79 Å². The number of carbonyl (C=O) groups is 1. The van der Waals surface area contributed by atoms with Crippen LogP contribution in [0.3, 0.4) is 0 Å². The Labute approximate surface area is 89.9 Å². The molecular formula is C12H17NO2. The molecule has 0 radical (unpaired) electrons. The summed E-state index contributed by atoms with van der Waals surface area (Å²) in [6, 6.07) is 9.92. The summed E-state index contributed by atoms with van der Waals surface area (Å²) in [4.78, 5) is 10.3. The average Bonchev–Trinajstić information content (AvgIpc) is 2.25. The van der Waals surface area contributed by atoms with E-state index in [9.17, 15) is 4.79 Å². The quantitative estimate of drug-likeness (QED) is 0.704. The molecule has 0 spiro atoms. The van der Waals surface area contributed by atoms with Crippen LogP contribution in [0.5, 0.6) is 0 Å². The predicted octanol–water partition coefficient (Wildman–Crippen LogP) is 2.33. The highest BCUT2D eigenvalue weighted by atomic mass is 16.4. The number of hydrogen-bond donors (Lipinski definition) is 2. The van der Waals surface area contributed by atoms with Gasteiger partial charge in [-0.2, -0.15) is 0 Å². The Bertz CT molecular complexity index is 298. The van der Waals surface area contributed by atoms with E-state index >= 15 is 0 Å². The third-order valence-electron chi connectivity index (χ3n) is 2.38. The second kappa shape index (κ2) is 6.19. The molecular weight excluding hydrogens is 190 g/mol. The second-order valence-corrected chi connectivity index (χ2v) is 3.66. The SMILES string of the molecule is NC(CCCCC(=O)O)c1ccccc1. The number of rotatable bonds is 6. The molecule has 0 saturated carbocycles. The van der Waals surface area contributed by atoms with Crippen molar-refractivity contribution in [2.75, 3.05) is 0 Å². The van der Waals surface area contributed by atoms with E-state index in [0.29, 0.717) is 6.42 Å². The topological polar surface area (TPSA) is 63.3 Å². The van der Waals surface area contributed by atoms with E-state index in [1.54, 1.807) is 0 Å². The van der Waals surface area contributed by atoms with E-state index in [-0.39, 0.29) is 12.5 Å². The molecule has 0 fully saturated rings. The summed E-state index contributed by atoms with van der Waals surface area (Å²) < 4.78 is 0. The third kappa shape index (κ3) is 4.61. The minimum atomic E-state index is -0.733. The zero-order valence-corrected chi connectivity index (χ0v) is 8.73. The summed E-state index contributed by atoms with van der Waals surface area (Å²) in [6.07, 6.45) is 2.65. The fourth-order valence-electron chi connectivity index (χ4n) is 1.51. The monoisotopic (exact) mass is 207 g/mol. The molecule has 1 unspecified atom stereocenters. The van der Waals surface area contributed by atoms with Gasteiger partial charge in [0.25, 0.3) is 0 Å². The second-order valence-electron chi connectivity index (χ2n) is 3.66. The van der Waals surface area contributed by atoms with E-state index in [1.807, 2.05) is 30.3 Å². The van der Waals surface area contributed by atoms with Gasteiger partial charge in [0, 0.05) is 12.5 Å². The number of carboxylic acid groups (broad SMARTS) is 1. The van der Waals surface area contributed by atoms with Crippen LogP contribution in [0.4, 0.5) is 0 Å². The fraction of sp³-hybridized carbons (Fsp3) is 0.417. The Morgan fingerprint density at radius 3 is 2.53 bits per heavy atom. The summed E-state index contributed by atoms with van der Waals surface area (Å²) in [5, 5.41) is 8.46. The van der Waals surface area contributed by atoms with Crippen LogP contribution in [0.25, 0.3) is 0 Å². The Balaban J connectivity index is 2.25. The van der Waals surface area contributed by atoms with Gasteiger partial charge < -0.3 is 10.8 Å². The molecule has 0 aromatic heterocycles. The van der Waals surface area contributed by atoms with Crippen LogP contribution in [0.2, 0.25) is 0 Å². The van der Waals surface area contributed by atoms with Crippen molar-refractivity contribution in [3.63, 3.8) is 0 Å². The van der Waals surface area contributed by atoms with Gasteiger partial charge in [-0.3, -0.25) is 4.79 Å². The molecule has 1 aromatic carbocycles. The standard InChI is InChI=1S/C12H17NO2/c13-11(8-4-5-9-12(14)15)10-6-2-1-3-7-10/h1-3,6-7,11H,4-5,8-9,13H2,(H,14,15). The maximum atomic E-state index is 10.3. The maximum absolute atomic E-state index is 10.3. The van der Waals surface area contributed by atoms with E-state index < -0.39 is 5.97 Å². The van der Waals surface area contributed by atoms with Gasteiger partial charge in [-0.25, -0.2) is 0 Å². The van der Waals surface area contributed by atoms with Crippen LogP contribution in [-0.4, -0.2) is 11.1 Å². The van der Waals surface area contributed by atoms with Crippen molar-refractivity contribution < 1.29 is 9.90 Å². The molecule has 0 aliphatic heterocycles. The number of aliphatic carboxylic acids is 1. The highest BCUT2D eigenvalue weighted by Gasteiger charge is 2.05. The van der Waals surface area contributed by atoms with Gasteiger partial charge in [0.2, 0.25) is 0 Å². The van der Waals surface area contributed by atoms with Gasteiger partial charge in [0.1, 0.15) is 0 Å². The van der Waals surface area contributed by atoms with Crippen molar-refractivity contribution in [2.45, 2.75) is 31.7 Å². The smallest absolute Gasteiger partial charge is 0.303 e. The van der Waals surface area contributed by atoms with Crippen molar-refractivity contribution in [1.82, 2.24) is 0 Å². The lowest BCUT2D eigenvalue weighted by molar-refractivity contribution is -0.137. The van der Waals surface area contributed by atoms with Gasteiger partial charge >= 0.3 is 5.97 Å². The average molecular weight is 207 g/mol. The first-order chi connectivity index (χ1) is 7.20. The van der Waals surface area contributed by atoms with E-state index in [4.69, 9.17) is 10.8 Å². The van der Waals surface area contributed by atoms with Gasteiger partial charge in [-0.1, -0.05) is 36.8 Å². The van der Waals surface area contributed by atoms with Crippen molar-refractivity contribution in [2.24, 2.45) is 5.73 Å². The van der Waals surface area contributed by atoms with Gasteiger partial charge in [0.05, 0.1) is 0 Å². The van der Waals surface area contributed by atoms with Crippen LogP contribution in [0.1, 0.15) is 37.3 Å². The normalized spacial score (nSPS) is 12.3. The molecule has 3 N–H and O–H groups in total. The number of unbranched alkanes of at least 4 members (excludes halogenated alkanes) is 1. The minimum Gasteiger partial charge on any atom is -0.481 e. The van der Waals surface area contributed by atoms with Gasteiger partial charge in [0.15, 0.2) is 0 Å². The van der Waals surface area contributed by atoms with Crippen LogP contribution < -0.4 is 5.73 Å². The zero-order valence-electron chi connectivity index (χ0n) is 8.73. The Kier molecular flexibility index (Phi) is 4.84. The molecule has 0 aliphatic rings. The summed E-state index contributed by atoms with van der Waals surface area (Å²) in [6.45, 7) is 0. The Morgan fingerprint density at radius 2 is 1.93 bits per heavy atom. The van der Waals surface area contributed by atoms with Crippen molar-refractivity contribution in [3.8, 4) is 0 Å². The van der Waals surface area contributed by atoms with Crippen LogP contribution >= 0.6 is 0 Å². The van der Waals surface area contributed by atoms with E-state index in [1.165, 1.54) is 0 Å². The molecule has 1 aromatic rings. The molecule has 0 bridgehead atoms. The highest BCUT2D eigenvalue weighted by molar-refractivity contribution is 5.66. The Hall–Kier alpha value is -1.35. The first-order valence-electron chi connectivity index (χ1n) is 5.22. The lowest BCUT2D eigenvalue weighted by Crippen LogP contribution is -2.10. The van der Waals surface area contributed by atoms with Crippen molar-refractivity contribution in [3.05, 3.63) is 35.9 Å². The predicted molar refractivity (Wildman–Crippen MR) is 59.5 cm³/mol. The van der Waals surface area contributed by atoms with E-state index in [2.05, 4.69) is 0 Å². The van der Waals surface area contributed by atoms with Crippen LogP contribution in [0, 0.1) is 0 Å². The molecule has 0 aliphatic carbocycles. The number of carboxylic acids is 1. The molecule has 1 rings (SSSR count). The highest BCUT2D eigenvalue weighted by Crippen LogP contribution is 2.16. The fourth-order valence-corrected chi connectivity index (χ4v) is 1.51. The third-order valence-corrected chi connectivity index (χ3v) is 2.38. The summed E-state index contributed by atoms with van der Waals surface area (Å²) in [5.41, 5.74) is 7.08. The molecule has 0 heterocycles. The van der Waals surface area contributed by atoms with Crippen molar-refractivity contribution >= 4 is 5.97 Å². The van der Waals surface area contributed by atoms with Gasteiger partial charge in [-0.15, -0.1) is 0 Å². The molecule has 1 atom stereocenters. The zero-order chi connectivity index (χ0) is 11.1. The summed E-state index contributed by atoms with van der Waals surface area (Å²) in [7, 11) is 0. The number of hydrogen-bond acceptors (Lipinski definition) is 2. The lowest BCUT2D eigenvalue weighted by atomic mass is 10.0. The number of benzene rings is 1. The van der Waals surface area contributed by atoms with Crippen molar-refractivity contribution in [1.29, 1.82) is 0 Å². The molecule has 15 heavy (non-hydrogen) atoms. The minimum absolute atomic E-state index is 0.0278. The lowest BCUT2D eigenvalue weighted by Gasteiger charge is -2.10. The summed E-state index contributed by atoms with van der Waals surface area (Å²) >= 11 is 0. The molecule has 3 heteroatoms. The molecule has 0 amide bonds. The molecule has 3 nitrogen and oxygen atoms in total. The van der Waals surface area contributed by atoms with Gasteiger partial charge in [-0.05, 0) is 18.4 Å². The molecule has 82 valence electrons. The van der Waals surface area contributed by atoms with E-state index in [0.717, 1.165) is 18.4 Å². The maximum Gasteiger partial charge on any atom is 0.303 e. The molecule has 0 saturated heterocycles. The first kappa shape index (κ1) is 11.7. The Morgan fingerprint density at radius 1 is 1.27 bits per heavy atom. The largest absolute Gasteiger partial charge is 0.481 e. The first-order valence-corrected chi connectivity index (χ1v) is 5.22. The summed E-state index contributed by atoms with van der Waals surface area (Å²) in [5.74, 6) is -0.733.